The number of aliphatic hydroxyl groups excluding tert-OH is 2. The number of phosphoric ester groups is 1. The third-order valence-electron chi connectivity index (χ3n) is 2.96. The summed E-state index contributed by atoms with van der Waals surface area (Å²) in [6.45, 7) is -0.476. The van der Waals surface area contributed by atoms with Gasteiger partial charge in [0.1, 0.15) is 12.3 Å². The molecule has 2 aliphatic heterocycles. The first-order valence-corrected chi connectivity index (χ1v) is 7.45. The molecule has 6 N–H and O–H groups in total. The van der Waals surface area contributed by atoms with Crippen molar-refractivity contribution in [2.45, 2.75) is 31.2 Å². The normalized spacial score (nSPS) is 33.2. The highest BCUT2D eigenvalue weighted by atomic mass is 31.2. The molecular weight excluding hydrogens is 309 g/mol. The standard InChI is InChI=1S/C9H16N3O8P/c10-20-7-1-2-12(9(14)11-7)8-3-5(13)6(19-8)4-18-21(15,16)17/h1-2,5-6,8-9,13-14H,3-4,10H2,(H2,15,16,17)/t5?,6-,8-,9?/m1/s1. The van der Waals surface area contributed by atoms with Crippen LogP contribution in [0.1, 0.15) is 6.42 Å². The number of nitrogens with two attached hydrogens (primary N) is 1. The van der Waals surface area contributed by atoms with Crippen LogP contribution >= 0.6 is 7.82 Å². The zero-order valence-corrected chi connectivity index (χ0v) is 11.6. The van der Waals surface area contributed by atoms with E-state index in [4.69, 9.17) is 20.4 Å². The van der Waals surface area contributed by atoms with Crippen LogP contribution in [0.3, 0.4) is 0 Å². The van der Waals surface area contributed by atoms with Crippen molar-refractivity contribution in [2.24, 2.45) is 10.9 Å². The molecule has 2 unspecified atom stereocenters. The van der Waals surface area contributed by atoms with Crippen molar-refractivity contribution in [3.05, 3.63) is 12.3 Å². The molecule has 0 aliphatic carbocycles. The van der Waals surface area contributed by atoms with Crippen molar-refractivity contribution in [2.75, 3.05) is 6.61 Å². The average Bonchev–Trinajstić information content (AvgIpc) is 2.76. The fraction of sp³-hybridized carbons (Fsp3) is 0.667. The van der Waals surface area contributed by atoms with Gasteiger partial charge in [0.05, 0.1) is 12.7 Å². The number of aliphatic hydroxyl groups is 2. The zero-order chi connectivity index (χ0) is 15.6. The Bertz CT molecular complexity index is 480. The first kappa shape index (κ1) is 16.3. The molecule has 0 amide bonds. The van der Waals surface area contributed by atoms with E-state index in [1.165, 1.54) is 17.2 Å². The highest BCUT2D eigenvalue weighted by Crippen LogP contribution is 2.37. The van der Waals surface area contributed by atoms with Gasteiger partial charge in [0, 0.05) is 18.7 Å². The predicted octanol–water partition coefficient (Wildman–Crippen LogP) is -2.03. The van der Waals surface area contributed by atoms with Crippen LogP contribution in [0.25, 0.3) is 0 Å². The number of nitrogens with zero attached hydrogens (tertiary/aromatic N) is 2. The van der Waals surface area contributed by atoms with Crippen LogP contribution in [-0.4, -0.2) is 62.2 Å². The van der Waals surface area contributed by atoms with E-state index >= 15 is 0 Å². The van der Waals surface area contributed by atoms with Gasteiger partial charge in [-0.05, 0) is 0 Å². The van der Waals surface area contributed by atoms with E-state index in [1.807, 2.05) is 0 Å². The van der Waals surface area contributed by atoms with E-state index in [9.17, 15) is 14.8 Å². The van der Waals surface area contributed by atoms with Crippen molar-refractivity contribution >= 4 is 13.7 Å². The van der Waals surface area contributed by atoms with E-state index in [1.54, 1.807) is 0 Å². The summed E-state index contributed by atoms with van der Waals surface area (Å²) in [6.07, 6.45) is -1.07. The maximum absolute atomic E-state index is 10.6. The van der Waals surface area contributed by atoms with Crippen molar-refractivity contribution < 1.29 is 38.7 Å². The first-order chi connectivity index (χ1) is 9.80. The highest BCUT2D eigenvalue weighted by Gasteiger charge is 2.40. The van der Waals surface area contributed by atoms with Crippen molar-refractivity contribution in [3.63, 3.8) is 0 Å². The molecule has 120 valence electrons. The van der Waals surface area contributed by atoms with Crippen molar-refractivity contribution in [3.8, 4) is 0 Å². The Morgan fingerprint density at radius 2 is 2.24 bits per heavy atom. The van der Waals surface area contributed by atoms with Crippen LogP contribution < -0.4 is 5.90 Å². The number of ether oxygens (including phenoxy) is 1. The Labute approximate surface area is 119 Å². The van der Waals surface area contributed by atoms with Gasteiger partial charge in [-0.2, -0.15) is 10.9 Å². The molecule has 4 atom stereocenters. The van der Waals surface area contributed by atoms with Gasteiger partial charge >= 0.3 is 7.82 Å². The minimum atomic E-state index is -4.64. The molecule has 0 saturated carbocycles. The van der Waals surface area contributed by atoms with Gasteiger partial charge in [-0.25, -0.2) is 4.57 Å². The average molecular weight is 325 g/mol. The van der Waals surface area contributed by atoms with E-state index in [2.05, 4.69) is 14.4 Å². The topological polar surface area (TPSA) is 167 Å². The third-order valence-corrected chi connectivity index (χ3v) is 3.45. The van der Waals surface area contributed by atoms with Crippen LogP contribution in [-0.2, 0) is 18.7 Å². The zero-order valence-electron chi connectivity index (χ0n) is 10.7. The van der Waals surface area contributed by atoms with Crippen LogP contribution in [0.5, 0.6) is 0 Å². The molecule has 0 aromatic carbocycles. The lowest BCUT2D eigenvalue weighted by Crippen LogP contribution is -2.41. The molecule has 0 radical (unpaired) electrons. The van der Waals surface area contributed by atoms with Gasteiger partial charge in [0.2, 0.25) is 12.2 Å². The molecule has 21 heavy (non-hydrogen) atoms. The van der Waals surface area contributed by atoms with Crippen LogP contribution in [0.2, 0.25) is 0 Å². The second-order valence-corrected chi connectivity index (χ2v) is 5.65. The maximum atomic E-state index is 10.6. The van der Waals surface area contributed by atoms with Gasteiger partial charge in [0.25, 0.3) is 0 Å². The molecule has 12 heteroatoms. The van der Waals surface area contributed by atoms with Crippen LogP contribution in [0.15, 0.2) is 17.3 Å². The van der Waals surface area contributed by atoms with Crippen molar-refractivity contribution in [1.29, 1.82) is 0 Å². The van der Waals surface area contributed by atoms with Gasteiger partial charge < -0.3 is 34.5 Å². The summed E-state index contributed by atoms with van der Waals surface area (Å²) < 4.78 is 20.3. The molecule has 0 aromatic rings. The Morgan fingerprint density at radius 3 is 2.81 bits per heavy atom. The molecule has 2 heterocycles. The quantitative estimate of drug-likeness (QED) is 0.287. The van der Waals surface area contributed by atoms with E-state index in [0.717, 1.165) is 0 Å². The molecular formula is C9H16N3O8P. The largest absolute Gasteiger partial charge is 0.469 e. The molecule has 0 bridgehead atoms. The molecule has 1 saturated heterocycles. The fourth-order valence-corrected chi connectivity index (χ4v) is 2.33. The van der Waals surface area contributed by atoms with Gasteiger partial charge in [-0.3, -0.25) is 4.52 Å². The van der Waals surface area contributed by atoms with Crippen molar-refractivity contribution in [1.82, 2.24) is 4.90 Å². The second kappa shape index (κ2) is 6.38. The maximum Gasteiger partial charge on any atom is 0.469 e. The summed E-state index contributed by atoms with van der Waals surface area (Å²) in [4.78, 5) is 26.6. The molecule has 0 aromatic heterocycles. The molecule has 2 aliphatic rings. The Morgan fingerprint density at radius 1 is 1.52 bits per heavy atom. The number of rotatable bonds is 4. The van der Waals surface area contributed by atoms with Gasteiger partial charge in [-0.1, -0.05) is 0 Å². The summed E-state index contributed by atoms with van der Waals surface area (Å²) in [6, 6.07) is 0. The number of hydrogen-bond donors (Lipinski definition) is 5. The Balaban J connectivity index is 1.94. The molecule has 2 rings (SSSR count). The van der Waals surface area contributed by atoms with Gasteiger partial charge in [0.15, 0.2) is 0 Å². The van der Waals surface area contributed by atoms with Crippen LogP contribution in [0.4, 0.5) is 0 Å². The third kappa shape index (κ3) is 4.22. The van der Waals surface area contributed by atoms with Crippen LogP contribution in [0, 0.1) is 0 Å². The fourth-order valence-electron chi connectivity index (χ4n) is 1.98. The second-order valence-electron chi connectivity index (χ2n) is 4.41. The minimum absolute atomic E-state index is 0.0266. The summed E-state index contributed by atoms with van der Waals surface area (Å²) in [5.41, 5.74) is 0. The summed E-state index contributed by atoms with van der Waals surface area (Å²) >= 11 is 0. The van der Waals surface area contributed by atoms with E-state index in [-0.39, 0.29) is 12.3 Å². The Hall–Kier alpha value is -1.04. The minimum Gasteiger partial charge on any atom is -0.391 e. The van der Waals surface area contributed by atoms with E-state index < -0.39 is 39.2 Å². The number of phosphoric acid groups is 1. The summed E-state index contributed by atoms with van der Waals surface area (Å²) in [5.74, 6) is 4.94. The molecule has 0 spiro atoms. The SMILES string of the molecule is NOC1=NC(O)N([C@H]2CC(O)[C@@H](COP(=O)(O)O)O2)C=C1. The Kier molecular flexibility index (Phi) is 4.96. The lowest BCUT2D eigenvalue weighted by Gasteiger charge is -2.31. The molecule has 11 nitrogen and oxygen atoms in total. The molecule has 1 fully saturated rings. The van der Waals surface area contributed by atoms with Gasteiger partial charge in [-0.15, -0.1) is 0 Å². The summed E-state index contributed by atoms with van der Waals surface area (Å²) in [5, 5.41) is 19.6. The first-order valence-electron chi connectivity index (χ1n) is 5.92. The lowest BCUT2D eigenvalue weighted by atomic mass is 10.2. The lowest BCUT2D eigenvalue weighted by molar-refractivity contribution is -0.110. The number of aliphatic imine (C=N–C) groups is 1. The smallest absolute Gasteiger partial charge is 0.391 e. The van der Waals surface area contributed by atoms with E-state index in [0.29, 0.717) is 0 Å². The highest BCUT2D eigenvalue weighted by molar-refractivity contribution is 7.46. The number of hydrogen-bond acceptors (Lipinski definition) is 9. The monoisotopic (exact) mass is 325 g/mol. The summed E-state index contributed by atoms with van der Waals surface area (Å²) in [7, 11) is -4.64. The predicted molar refractivity (Wildman–Crippen MR) is 67.0 cm³/mol.